The Morgan fingerprint density at radius 1 is 0.308 bits per heavy atom. The lowest BCUT2D eigenvalue weighted by atomic mass is 10.2. The van der Waals surface area contributed by atoms with E-state index in [4.69, 9.17) is 15.0 Å². The molecule has 52 heavy (non-hydrogen) atoms. The summed E-state index contributed by atoms with van der Waals surface area (Å²) >= 11 is 0. The number of aromatic nitrogens is 7. The van der Waals surface area contributed by atoms with Crippen LogP contribution in [0.1, 0.15) is 22.8 Å². The van der Waals surface area contributed by atoms with Crippen molar-refractivity contribution in [3.05, 3.63) is 175 Å². The van der Waals surface area contributed by atoms with Crippen LogP contribution in [-0.4, -0.2) is 61.1 Å². The molecule has 7 aromatic heterocycles. The van der Waals surface area contributed by atoms with E-state index in [0.717, 1.165) is 109 Å². The van der Waals surface area contributed by atoms with Gasteiger partial charge in [0.05, 0.1) is 22.8 Å². The standard InChI is InChI=1S/C43H41N9/c1-5-26-44-34(12-1)22-30-51(31-23-35-13-2-6-27-45-35)42-20-10-18-40(49-42)38-16-9-17-39(48-38)41-19-11-21-43(50-41)52(32-24-36-14-3-7-28-46-36)33-25-37-15-4-8-29-47-37/h1-21,26-29H,22-25,30-33H2. The van der Waals surface area contributed by atoms with Crippen molar-refractivity contribution in [2.24, 2.45) is 0 Å². The highest BCUT2D eigenvalue weighted by Crippen LogP contribution is 2.25. The van der Waals surface area contributed by atoms with E-state index >= 15 is 0 Å². The number of hydrogen-bond acceptors (Lipinski definition) is 9. The van der Waals surface area contributed by atoms with Crippen LogP contribution in [0.5, 0.6) is 0 Å². The first kappa shape index (κ1) is 34.1. The predicted molar refractivity (Wildman–Crippen MR) is 207 cm³/mol. The molecule has 0 radical (unpaired) electrons. The molecule has 0 N–H and O–H groups in total. The van der Waals surface area contributed by atoms with Crippen molar-refractivity contribution in [3.8, 4) is 22.8 Å². The van der Waals surface area contributed by atoms with Crippen molar-refractivity contribution in [1.82, 2.24) is 34.9 Å². The first-order valence-electron chi connectivity index (χ1n) is 17.8. The molecule has 9 nitrogen and oxygen atoms in total. The fourth-order valence-corrected chi connectivity index (χ4v) is 6.07. The third kappa shape index (κ3) is 9.45. The number of nitrogens with zero attached hydrogens (tertiary/aromatic N) is 9. The van der Waals surface area contributed by atoms with E-state index in [9.17, 15) is 0 Å². The summed E-state index contributed by atoms with van der Waals surface area (Å²) in [6.45, 7) is 3.12. The molecule has 0 amide bonds. The van der Waals surface area contributed by atoms with E-state index in [-0.39, 0.29) is 0 Å². The van der Waals surface area contributed by atoms with Crippen LogP contribution < -0.4 is 9.80 Å². The first-order chi connectivity index (χ1) is 25.8. The van der Waals surface area contributed by atoms with E-state index in [1.165, 1.54) is 0 Å². The van der Waals surface area contributed by atoms with Gasteiger partial charge in [0.25, 0.3) is 0 Å². The third-order valence-corrected chi connectivity index (χ3v) is 8.85. The monoisotopic (exact) mass is 683 g/mol. The molecule has 0 aliphatic carbocycles. The minimum Gasteiger partial charge on any atom is -0.356 e. The zero-order chi connectivity index (χ0) is 35.2. The van der Waals surface area contributed by atoms with Crippen LogP contribution in [0, 0.1) is 0 Å². The topological polar surface area (TPSA) is 96.7 Å². The van der Waals surface area contributed by atoms with Gasteiger partial charge in [0.1, 0.15) is 11.6 Å². The summed E-state index contributed by atoms with van der Waals surface area (Å²) in [5.41, 5.74) is 7.42. The van der Waals surface area contributed by atoms with E-state index in [1.54, 1.807) is 0 Å². The van der Waals surface area contributed by atoms with E-state index < -0.39 is 0 Å². The molecule has 0 unspecified atom stereocenters. The molecule has 7 heterocycles. The van der Waals surface area contributed by atoms with Crippen molar-refractivity contribution in [2.75, 3.05) is 36.0 Å². The van der Waals surface area contributed by atoms with Crippen molar-refractivity contribution < 1.29 is 0 Å². The molecule has 7 rings (SSSR count). The number of rotatable bonds is 16. The van der Waals surface area contributed by atoms with Crippen LogP contribution in [0.2, 0.25) is 0 Å². The Morgan fingerprint density at radius 3 is 0.923 bits per heavy atom. The van der Waals surface area contributed by atoms with Gasteiger partial charge < -0.3 is 9.80 Å². The Balaban J connectivity index is 1.12. The maximum Gasteiger partial charge on any atom is 0.129 e. The Morgan fingerprint density at radius 2 is 0.615 bits per heavy atom. The highest BCUT2D eigenvalue weighted by atomic mass is 15.2. The van der Waals surface area contributed by atoms with Crippen LogP contribution in [-0.2, 0) is 25.7 Å². The summed E-state index contributed by atoms with van der Waals surface area (Å²) in [5.74, 6) is 1.79. The number of hydrogen-bond donors (Lipinski definition) is 0. The highest BCUT2D eigenvalue weighted by Gasteiger charge is 2.15. The molecule has 0 bridgehead atoms. The molecule has 9 heteroatoms. The Hall–Kier alpha value is -6.35. The normalized spacial score (nSPS) is 10.9. The Bertz CT molecular complexity index is 1880. The maximum absolute atomic E-state index is 5.14. The second kappa shape index (κ2) is 17.5. The quantitative estimate of drug-likeness (QED) is 0.103. The fourth-order valence-electron chi connectivity index (χ4n) is 6.07. The van der Waals surface area contributed by atoms with Crippen molar-refractivity contribution >= 4 is 11.6 Å². The average Bonchev–Trinajstić information content (AvgIpc) is 3.22. The largest absolute Gasteiger partial charge is 0.356 e. The third-order valence-electron chi connectivity index (χ3n) is 8.85. The van der Waals surface area contributed by atoms with Gasteiger partial charge in [-0.1, -0.05) is 42.5 Å². The maximum atomic E-state index is 5.14. The van der Waals surface area contributed by atoms with Crippen LogP contribution in [0.4, 0.5) is 11.6 Å². The second-order valence-corrected chi connectivity index (χ2v) is 12.4. The zero-order valence-electron chi connectivity index (χ0n) is 29.1. The molecular weight excluding hydrogens is 643 g/mol. The van der Waals surface area contributed by atoms with Crippen LogP contribution in [0.15, 0.2) is 152 Å². The molecule has 0 spiro atoms. The van der Waals surface area contributed by atoms with Gasteiger partial charge in [-0.25, -0.2) is 15.0 Å². The van der Waals surface area contributed by atoms with Gasteiger partial charge in [0.2, 0.25) is 0 Å². The molecule has 0 aromatic carbocycles. The van der Waals surface area contributed by atoms with Gasteiger partial charge in [-0.2, -0.15) is 0 Å². The Kier molecular flexibility index (Phi) is 11.5. The summed E-state index contributed by atoms with van der Waals surface area (Å²) < 4.78 is 0. The van der Waals surface area contributed by atoms with E-state index in [0.29, 0.717) is 0 Å². The number of pyridine rings is 7. The summed E-state index contributed by atoms with van der Waals surface area (Å²) in [4.78, 5) is 38.2. The van der Waals surface area contributed by atoms with E-state index in [1.807, 2.05) is 104 Å². The molecular formula is C43H41N9. The molecule has 0 aliphatic heterocycles. The fraction of sp³-hybridized carbons (Fsp3) is 0.186. The van der Waals surface area contributed by atoms with Gasteiger partial charge in [-0.3, -0.25) is 19.9 Å². The van der Waals surface area contributed by atoms with E-state index in [2.05, 4.69) is 78.3 Å². The highest BCUT2D eigenvalue weighted by molar-refractivity contribution is 5.64. The zero-order valence-corrected chi connectivity index (χ0v) is 29.1. The van der Waals surface area contributed by atoms with Gasteiger partial charge in [0.15, 0.2) is 0 Å². The lowest BCUT2D eigenvalue weighted by molar-refractivity contribution is 0.741. The predicted octanol–water partition coefficient (Wildman–Crippen LogP) is 7.37. The minimum atomic E-state index is 0.779. The van der Waals surface area contributed by atoms with Crippen LogP contribution in [0.25, 0.3) is 22.8 Å². The lowest BCUT2D eigenvalue weighted by Crippen LogP contribution is -2.29. The molecule has 7 aromatic rings. The lowest BCUT2D eigenvalue weighted by Gasteiger charge is -2.24. The summed E-state index contributed by atoms with van der Waals surface area (Å²) in [5, 5.41) is 0. The molecule has 0 saturated heterocycles. The van der Waals surface area contributed by atoms with Crippen LogP contribution in [0.3, 0.4) is 0 Å². The molecule has 0 atom stereocenters. The van der Waals surface area contributed by atoms with Gasteiger partial charge >= 0.3 is 0 Å². The molecule has 0 fully saturated rings. The summed E-state index contributed by atoms with van der Waals surface area (Å²) in [7, 11) is 0. The van der Waals surface area contributed by atoms with Crippen molar-refractivity contribution in [2.45, 2.75) is 25.7 Å². The number of anilines is 2. The van der Waals surface area contributed by atoms with Crippen LogP contribution >= 0.6 is 0 Å². The average molecular weight is 684 g/mol. The van der Waals surface area contributed by atoms with Crippen molar-refractivity contribution in [1.29, 1.82) is 0 Å². The van der Waals surface area contributed by atoms with Crippen molar-refractivity contribution in [3.63, 3.8) is 0 Å². The summed E-state index contributed by atoms with van der Waals surface area (Å²) in [6.07, 6.45) is 10.6. The van der Waals surface area contributed by atoms with Gasteiger partial charge in [-0.05, 0) is 84.9 Å². The summed E-state index contributed by atoms with van der Waals surface area (Å²) in [6, 6.07) is 42.5. The first-order valence-corrected chi connectivity index (χ1v) is 17.8. The Labute approximate surface area is 305 Å². The smallest absolute Gasteiger partial charge is 0.129 e. The van der Waals surface area contributed by atoms with Gasteiger partial charge in [0, 0.05) is 99.4 Å². The minimum absolute atomic E-state index is 0.779. The van der Waals surface area contributed by atoms with Gasteiger partial charge in [-0.15, -0.1) is 0 Å². The molecule has 258 valence electrons. The molecule has 0 aliphatic rings. The SMILES string of the molecule is c1ccc(CCN(CCc2ccccn2)c2cccc(-c3cccc(-c4cccc(N(CCc5ccccn5)CCc5ccccn5)n4)n3)n2)nc1. The second-order valence-electron chi connectivity index (χ2n) is 12.4. The molecule has 0 saturated carbocycles.